The van der Waals surface area contributed by atoms with Gasteiger partial charge < -0.3 is 10.1 Å². The summed E-state index contributed by atoms with van der Waals surface area (Å²) in [6, 6.07) is 2.68. The van der Waals surface area contributed by atoms with Crippen LogP contribution >= 0.6 is 11.6 Å². The fourth-order valence-corrected chi connectivity index (χ4v) is 2.89. The van der Waals surface area contributed by atoms with E-state index in [4.69, 9.17) is 21.5 Å². The van der Waals surface area contributed by atoms with Crippen molar-refractivity contribution in [3.05, 3.63) is 28.3 Å². The van der Waals surface area contributed by atoms with Crippen molar-refractivity contribution in [2.24, 2.45) is 5.14 Å². The molecule has 0 saturated carbocycles. The highest BCUT2D eigenvalue weighted by molar-refractivity contribution is 7.89. The number of carbonyl (C=O) groups excluding carboxylic acids is 1. The van der Waals surface area contributed by atoms with Crippen molar-refractivity contribution < 1.29 is 17.9 Å². The number of hydrogen-bond acceptors (Lipinski definition) is 4. The molecule has 6 nitrogen and oxygen atoms in total. The summed E-state index contributed by atoms with van der Waals surface area (Å²) in [6.07, 6.45) is -0.134. The molecule has 1 aromatic rings. The van der Waals surface area contributed by atoms with E-state index in [1.807, 2.05) is 13.8 Å². The molecule has 0 fully saturated rings. The first kappa shape index (κ1) is 17.9. The predicted molar refractivity (Wildman–Crippen MR) is 81.0 cm³/mol. The van der Waals surface area contributed by atoms with Gasteiger partial charge in [-0.15, -0.1) is 0 Å². The van der Waals surface area contributed by atoms with Crippen LogP contribution in [-0.4, -0.2) is 33.6 Å². The minimum Gasteiger partial charge on any atom is -0.377 e. The monoisotopic (exact) mass is 334 g/mol. The topological polar surface area (TPSA) is 98.5 Å². The molecule has 8 heteroatoms. The Morgan fingerprint density at radius 3 is 2.62 bits per heavy atom. The standard InChI is InChI=1S/C13H19ClN2O4S/c1-4-20-9(3)7-16-13(17)10-5-8(2)12(14)11(6-10)21(15,18)19/h5-6,9H,4,7H2,1-3H3,(H,16,17)(H2,15,18,19). The summed E-state index contributed by atoms with van der Waals surface area (Å²) >= 11 is 5.91. The summed E-state index contributed by atoms with van der Waals surface area (Å²) in [5.74, 6) is -0.411. The van der Waals surface area contributed by atoms with Crippen LogP contribution in [0.2, 0.25) is 5.02 Å². The van der Waals surface area contributed by atoms with Crippen LogP contribution in [0.5, 0.6) is 0 Å². The number of rotatable bonds is 6. The molecule has 0 saturated heterocycles. The average Bonchev–Trinajstić information content (AvgIpc) is 2.38. The van der Waals surface area contributed by atoms with Gasteiger partial charge in [-0.25, -0.2) is 13.6 Å². The number of primary sulfonamides is 1. The first-order chi connectivity index (χ1) is 9.66. The number of nitrogens with one attached hydrogen (secondary N) is 1. The third kappa shape index (κ3) is 4.96. The van der Waals surface area contributed by atoms with Gasteiger partial charge in [0.15, 0.2) is 0 Å². The van der Waals surface area contributed by atoms with E-state index in [1.165, 1.54) is 12.1 Å². The van der Waals surface area contributed by atoms with E-state index in [2.05, 4.69) is 5.32 Å². The molecule has 1 rings (SSSR count). The first-order valence-corrected chi connectivity index (χ1v) is 8.32. The van der Waals surface area contributed by atoms with Crippen LogP contribution < -0.4 is 10.5 Å². The van der Waals surface area contributed by atoms with E-state index in [9.17, 15) is 13.2 Å². The molecule has 0 bridgehead atoms. The maximum absolute atomic E-state index is 12.1. The molecule has 1 aromatic carbocycles. The van der Waals surface area contributed by atoms with E-state index in [0.717, 1.165) is 0 Å². The van der Waals surface area contributed by atoms with Gasteiger partial charge in [-0.3, -0.25) is 4.79 Å². The Bertz CT molecular complexity index is 631. The molecule has 0 aromatic heterocycles. The van der Waals surface area contributed by atoms with E-state index >= 15 is 0 Å². The van der Waals surface area contributed by atoms with Crippen molar-refractivity contribution in [1.29, 1.82) is 0 Å². The fourth-order valence-electron chi connectivity index (χ4n) is 1.76. The first-order valence-electron chi connectivity index (χ1n) is 6.39. The molecule has 118 valence electrons. The van der Waals surface area contributed by atoms with E-state index in [-0.39, 0.29) is 21.6 Å². The SMILES string of the molecule is CCOC(C)CNC(=O)c1cc(C)c(Cl)c(S(N)(=O)=O)c1. The van der Waals surface area contributed by atoms with Crippen LogP contribution in [0.15, 0.2) is 17.0 Å². The Balaban J connectivity index is 2.99. The summed E-state index contributed by atoms with van der Waals surface area (Å²) in [5, 5.41) is 7.78. The van der Waals surface area contributed by atoms with Crippen LogP contribution in [0.1, 0.15) is 29.8 Å². The van der Waals surface area contributed by atoms with Crippen LogP contribution in [0.4, 0.5) is 0 Å². The van der Waals surface area contributed by atoms with Gasteiger partial charge in [0, 0.05) is 18.7 Å². The van der Waals surface area contributed by atoms with Gasteiger partial charge in [-0.2, -0.15) is 0 Å². The molecule has 0 heterocycles. The summed E-state index contributed by atoms with van der Waals surface area (Å²) in [5.41, 5.74) is 0.649. The highest BCUT2D eigenvalue weighted by Crippen LogP contribution is 2.25. The summed E-state index contributed by atoms with van der Waals surface area (Å²) < 4.78 is 28.2. The molecule has 0 aliphatic carbocycles. The van der Waals surface area contributed by atoms with Crippen molar-refractivity contribution in [1.82, 2.24) is 5.32 Å². The number of ether oxygens (including phenoxy) is 1. The van der Waals surface area contributed by atoms with Crippen LogP contribution in [0, 0.1) is 6.92 Å². The number of benzene rings is 1. The molecule has 0 aliphatic rings. The van der Waals surface area contributed by atoms with Crippen LogP contribution in [-0.2, 0) is 14.8 Å². The fraction of sp³-hybridized carbons (Fsp3) is 0.462. The number of nitrogens with two attached hydrogens (primary N) is 1. The number of sulfonamides is 1. The molecule has 1 amide bonds. The van der Waals surface area contributed by atoms with Crippen molar-refractivity contribution in [3.63, 3.8) is 0 Å². The van der Waals surface area contributed by atoms with Gasteiger partial charge >= 0.3 is 0 Å². The van der Waals surface area contributed by atoms with E-state index < -0.39 is 15.9 Å². The smallest absolute Gasteiger partial charge is 0.251 e. The number of halogens is 1. The minimum atomic E-state index is -3.99. The largest absolute Gasteiger partial charge is 0.377 e. The number of carbonyl (C=O) groups is 1. The minimum absolute atomic E-state index is 0.0248. The average molecular weight is 335 g/mol. The Hall–Kier alpha value is -1.15. The molecule has 21 heavy (non-hydrogen) atoms. The van der Waals surface area contributed by atoms with Crippen molar-refractivity contribution in [2.45, 2.75) is 31.8 Å². The van der Waals surface area contributed by atoms with Gasteiger partial charge in [-0.05, 0) is 38.5 Å². The van der Waals surface area contributed by atoms with Crippen molar-refractivity contribution >= 4 is 27.5 Å². The Morgan fingerprint density at radius 2 is 2.10 bits per heavy atom. The van der Waals surface area contributed by atoms with Gasteiger partial charge in [0.25, 0.3) is 5.91 Å². The molecular weight excluding hydrogens is 316 g/mol. The van der Waals surface area contributed by atoms with Gasteiger partial charge in [0.2, 0.25) is 10.0 Å². The van der Waals surface area contributed by atoms with Crippen molar-refractivity contribution in [2.75, 3.05) is 13.2 Å². The van der Waals surface area contributed by atoms with Gasteiger partial charge in [0.1, 0.15) is 4.90 Å². The van der Waals surface area contributed by atoms with E-state index in [0.29, 0.717) is 18.7 Å². The normalized spacial score (nSPS) is 13.0. The Kier molecular flexibility index (Phi) is 6.15. The molecule has 3 N–H and O–H groups in total. The lowest BCUT2D eigenvalue weighted by Gasteiger charge is -2.13. The Labute approximate surface area is 129 Å². The summed E-state index contributed by atoms with van der Waals surface area (Å²) in [7, 11) is -3.99. The molecule has 0 spiro atoms. The number of amides is 1. The quantitative estimate of drug-likeness (QED) is 0.822. The molecular formula is C13H19ClN2O4S. The second kappa shape index (κ2) is 7.22. The molecule has 1 atom stereocenters. The lowest BCUT2D eigenvalue weighted by atomic mass is 10.1. The summed E-state index contributed by atoms with van der Waals surface area (Å²) in [4.78, 5) is 11.8. The highest BCUT2D eigenvalue weighted by Gasteiger charge is 2.19. The van der Waals surface area contributed by atoms with Crippen LogP contribution in [0.25, 0.3) is 0 Å². The highest BCUT2D eigenvalue weighted by atomic mass is 35.5. The maximum Gasteiger partial charge on any atom is 0.251 e. The zero-order valence-electron chi connectivity index (χ0n) is 12.1. The third-order valence-corrected chi connectivity index (χ3v) is 4.34. The van der Waals surface area contributed by atoms with Gasteiger partial charge in [0.05, 0.1) is 11.1 Å². The van der Waals surface area contributed by atoms with Gasteiger partial charge in [-0.1, -0.05) is 11.6 Å². The summed E-state index contributed by atoms with van der Waals surface area (Å²) in [6.45, 7) is 6.16. The number of aryl methyl sites for hydroxylation is 1. The predicted octanol–water partition coefficient (Wildman–Crippen LogP) is 1.45. The molecule has 0 aliphatic heterocycles. The number of hydrogen-bond donors (Lipinski definition) is 2. The Morgan fingerprint density at radius 1 is 1.48 bits per heavy atom. The maximum atomic E-state index is 12.1. The zero-order valence-corrected chi connectivity index (χ0v) is 13.7. The molecule has 1 unspecified atom stereocenters. The third-order valence-electron chi connectivity index (χ3n) is 2.79. The van der Waals surface area contributed by atoms with Crippen LogP contribution in [0.3, 0.4) is 0 Å². The zero-order chi connectivity index (χ0) is 16.2. The van der Waals surface area contributed by atoms with E-state index in [1.54, 1.807) is 6.92 Å². The molecule has 0 radical (unpaired) electrons. The second-order valence-electron chi connectivity index (χ2n) is 4.63. The second-order valence-corrected chi connectivity index (χ2v) is 6.53. The van der Waals surface area contributed by atoms with Crippen molar-refractivity contribution in [3.8, 4) is 0 Å². The lowest BCUT2D eigenvalue weighted by Crippen LogP contribution is -2.32. The lowest BCUT2D eigenvalue weighted by molar-refractivity contribution is 0.0695.